The van der Waals surface area contributed by atoms with Crippen LogP contribution in [0.25, 0.3) is 0 Å². The molecule has 1 aromatic rings. The first-order chi connectivity index (χ1) is 7.20. The molecule has 15 heavy (non-hydrogen) atoms. The summed E-state index contributed by atoms with van der Waals surface area (Å²) in [6, 6.07) is 3.60. The van der Waals surface area contributed by atoms with Gasteiger partial charge in [-0.3, -0.25) is 0 Å². The van der Waals surface area contributed by atoms with Gasteiger partial charge in [0.15, 0.2) is 6.10 Å². The van der Waals surface area contributed by atoms with Crippen molar-refractivity contribution in [1.29, 1.82) is 5.26 Å². The summed E-state index contributed by atoms with van der Waals surface area (Å²) < 4.78 is 0. The summed E-state index contributed by atoms with van der Waals surface area (Å²) in [5, 5.41) is 29.3. The molecule has 0 radical (unpaired) electrons. The number of aliphatic hydroxyl groups is 2. The second-order valence-electron chi connectivity index (χ2n) is 3.43. The van der Waals surface area contributed by atoms with Gasteiger partial charge < -0.3 is 10.2 Å². The fourth-order valence-electron chi connectivity index (χ4n) is 1.39. The molecular weight excluding hydrogens is 210 g/mol. The van der Waals surface area contributed by atoms with E-state index in [1.807, 2.05) is 11.4 Å². The van der Waals surface area contributed by atoms with Gasteiger partial charge in [0.1, 0.15) is 6.10 Å². The van der Waals surface area contributed by atoms with Crippen molar-refractivity contribution in [3.8, 4) is 6.07 Å². The number of aliphatic hydroxyl groups excluding tert-OH is 2. The first-order valence-corrected chi connectivity index (χ1v) is 5.90. The molecule has 2 atom stereocenters. The molecule has 4 heteroatoms. The number of hydrogen-bond acceptors (Lipinski definition) is 4. The number of unbranched alkanes of at least 4 members (excludes halogenated alkanes) is 1. The van der Waals surface area contributed by atoms with Crippen LogP contribution in [0.4, 0.5) is 0 Å². The van der Waals surface area contributed by atoms with E-state index in [2.05, 4.69) is 6.92 Å². The Bertz CT molecular complexity index is 343. The molecule has 2 N–H and O–H groups in total. The first kappa shape index (κ1) is 12.2. The maximum Gasteiger partial charge on any atom is 0.171 e. The first-order valence-electron chi connectivity index (χ1n) is 5.02. The standard InChI is InChI=1S/C11H15NO2S/c1-2-3-4-8-5-6-15-11(8)10(14)9(13)7-12/h5-6,9-10,13-14H,2-4H2,1H3. The molecule has 0 saturated heterocycles. The molecule has 0 spiro atoms. The summed E-state index contributed by atoms with van der Waals surface area (Å²) in [6.45, 7) is 2.10. The highest BCUT2D eigenvalue weighted by molar-refractivity contribution is 7.10. The number of nitrogens with zero attached hydrogens (tertiary/aromatic N) is 1. The Kier molecular flexibility index (Phi) is 4.76. The summed E-state index contributed by atoms with van der Waals surface area (Å²) in [4.78, 5) is 0.720. The number of aryl methyl sites for hydroxylation is 1. The van der Waals surface area contributed by atoms with E-state index in [1.54, 1.807) is 6.07 Å². The average Bonchev–Trinajstić information content (AvgIpc) is 2.72. The highest BCUT2D eigenvalue weighted by atomic mass is 32.1. The van der Waals surface area contributed by atoms with E-state index in [9.17, 15) is 10.2 Å². The summed E-state index contributed by atoms with van der Waals surface area (Å²) in [7, 11) is 0. The molecule has 1 heterocycles. The second-order valence-corrected chi connectivity index (χ2v) is 4.38. The van der Waals surface area contributed by atoms with Crippen molar-refractivity contribution in [2.45, 2.75) is 38.4 Å². The van der Waals surface area contributed by atoms with Crippen molar-refractivity contribution < 1.29 is 10.2 Å². The average molecular weight is 225 g/mol. The summed E-state index contributed by atoms with van der Waals surface area (Å²) in [5.74, 6) is 0. The molecule has 3 nitrogen and oxygen atoms in total. The van der Waals surface area contributed by atoms with E-state index in [1.165, 1.54) is 11.3 Å². The number of rotatable bonds is 5. The SMILES string of the molecule is CCCCc1ccsc1C(O)C(O)C#N. The molecule has 0 aliphatic carbocycles. The Morgan fingerprint density at radius 2 is 2.27 bits per heavy atom. The molecule has 0 saturated carbocycles. The third kappa shape index (κ3) is 3.03. The van der Waals surface area contributed by atoms with Gasteiger partial charge in [-0.2, -0.15) is 5.26 Å². The van der Waals surface area contributed by atoms with Crippen molar-refractivity contribution in [3.63, 3.8) is 0 Å². The number of nitriles is 1. The van der Waals surface area contributed by atoms with Gasteiger partial charge >= 0.3 is 0 Å². The highest BCUT2D eigenvalue weighted by Crippen LogP contribution is 2.27. The lowest BCUT2D eigenvalue weighted by atomic mass is 10.0. The van der Waals surface area contributed by atoms with Crippen LogP contribution in [0.15, 0.2) is 11.4 Å². The number of thiophene rings is 1. The van der Waals surface area contributed by atoms with Crippen LogP contribution in [0.2, 0.25) is 0 Å². The van der Waals surface area contributed by atoms with Gasteiger partial charge in [0.05, 0.1) is 6.07 Å². The second kappa shape index (κ2) is 5.86. The molecule has 1 aromatic heterocycles. The van der Waals surface area contributed by atoms with Crippen LogP contribution < -0.4 is 0 Å². The predicted octanol–water partition coefficient (Wildman–Crippen LogP) is 2.01. The molecule has 2 unspecified atom stereocenters. The van der Waals surface area contributed by atoms with Crippen molar-refractivity contribution in [2.75, 3.05) is 0 Å². The van der Waals surface area contributed by atoms with Crippen LogP contribution >= 0.6 is 11.3 Å². The van der Waals surface area contributed by atoms with Gasteiger partial charge in [-0.05, 0) is 29.9 Å². The quantitative estimate of drug-likeness (QED) is 0.753. The summed E-state index contributed by atoms with van der Waals surface area (Å²) in [5.41, 5.74) is 1.05. The minimum absolute atomic E-state index is 0.720. The minimum atomic E-state index is -1.33. The van der Waals surface area contributed by atoms with Gasteiger partial charge in [0, 0.05) is 4.88 Å². The van der Waals surface area contributed by atoms with Crippen LogP contribution in [0.3, 0.4) is 0 Å². The van der Waals surface area contributed by atoms with Gasteiger partial charge in [-0.25, -0.2) is 0 Å². The van der Waals surface area contributed by atoms with Crippen molar-refractivity contribution in [2.24, 2.45) is 0 Å². The van der Waals surface area contributed by atoms with E-state index in [-0.39, 0.29) is 0 Å². The number of hydrogen-bond donors (Lipinski definition) is 2. The molecule has 0 amide bonds. The summed E-state index contributed by atoms with van der Waals surface area (Å²) >= 11 is 1.39. The largest absolute Gasteiger partial charge is 0.384 e. The molecule has 82 valence electrons. The third-order valence-corrected chi connectivity index (χ3v) is 3.31. The van der Waals surface area contributed by atoms with Crippen LogP contribution in [0.1, 0.15) is 36.3 Å². The maximum absolute atomic E-state index is 9.70. The van der Waals surface area contributed by atoms with Gasteiger partial charge in [0.2, 0.25) is 0 Å². The zero-order valence-electron chi connectivity index (χ0n) is 8.68. The van der Waals surface area contributed by atoms with E-state index < -0.39 is 12.2 Å². The Morgan fingerprint density at radius 3 is 2.87 bits per heavy atom. The fourth-order valence-corrected chi connectivity index (χ4v) is 2.36. The Labute approximate surface area is 93.6 Å². The van der Waals surface area contributed by atoms with Crippen molar-refractivity contribution in [3.05, 3.63) is 21.9 Å². The molecule has 0 aliphatic heterocycles. The predicted molar refractivity (Wildman–Crippen MR) is 59.5 cm³/mol. The molecule has 0 aromatic carbocycles. The van der Waals surface area contributed by atoms with Crippen LogP contribution in [0.5, 0.6) is 0 Å². The van der Waals surface area contributed by atoms with Crippen LogP contribution in [-0.4, -0.2) is 16.3 Å². The Morgan fingerprint density at radius 1 is 1.53 bits per heavy atom. The van der Waals surface area contributed by atoms with E-state index in [0.717, 1.165) is 29.7 Å². The molecular formula is C11H15NO2S. The molecule has 0 fully saturated rings. The molecule has 1 rings (SSSR count). The topological polar surface area (TPSA) is 64.2 Å². The van der Waals surface area contributed by atoms with Crippen LogP contribution in [0, 0.1) is 11.3 Å². The Balaban J connectivity index is 2.76. The van der Waals surface area contributed by atoms with Crippen LogP contribution in [-0.2, 0) is 6.42 Å². The zero-order chi connectivity index (χ0) is 11.3. The Hall–Kier alpha value is -0.890. The maximum atomic E-state index is 9.70. The normalized spacial score (nSPS) is 14.5. The van der Waals surface area contributed by atoms with E-state index in [0.29, 0.717) is 0 Å². The van der Waals surface area contributed by atoms with E-state index >= 15 is 0 Å². The monoisotopic (exact) mass is 225 g/mol. The lowest BCUT2D eigenvalue weighted by Crippen LogP contribution is -2.15. The lowest BCUT2D eigenvalue weighted by molar-refractivity contribution is 0.0547. The van der Waals surface area contributed by atoms with Crippen molar-refractivity contribution in [1.82, 2.24) is 0 Å². The van der Waals surface area contributed by atoms with Gasteiger partial charge in [-0.15, -0.1) is 11.3 Å². The lowest BCUT2D eigenvalue weighted by Gasteiger charge is -2.12. The highest BCUT2D eigenvalue weighted by Gasteiger charge is 2.21. The summed E-state index contributed by atoms with van der Waals surface area (Å²) in [6.07, 6.45) is 0.640. The molecule has 0 aliphatic rings. The van der Waals surface area contributed by atoms with Gasteiger partial charge in [-0.1, -0.05) is 13.3 Å². The van der Waals surface area contributed by atoms with E-state index in [4.69, 9.17) is 5.26 Å². The molecule has 0 bridgehead atoms. The zero-order valence-corrected chi connectivity index (χ0v) is 9.50. The van der Waals surface area contributed by atoms with Gasteiger partial charge in [0.25, 0.3) is 0 Å². The third-order valence-electron chi connectivity index (χ3n) is 2.28. The minimum Gasteiger partial charge on any atom is -0.384 e. The fraction of sp³-hybridized carbons (Fsp3) is 0.545. The smallest absolute Gasteiger partial charge is 0.171 e. The van der Waals surface area contributed by atoms with Crippen molar-refractivity contribution >= 4 is 11.3 Å².